The number of carbonyl (C=O) groups is 1. The number of hydrogen-bond donors (Lipinski definition) is 0. The quantitative estimate of drug-likeness (QED) is 0.565. The van der Waals surface area contributed by atoms with Gasteiger partial charge in [-0.05, 0) is 12.1 Å². The zero-order valence-electron chi connectivity index (χ0n) is 9.64. The summed E-state index contributed by atoms with van der Waals surface area (Å²) < 4.78 is 15.6. The maximum atomic E-state index is 11.8. The number of fused-ring (bicyclic) bond motifs is 3. The van der Waals surface area contributed by atoms with Gasteiger partial charge in [-0.25, -0.2) is 4.79 Å². The molecule has 1 aliphatic rings. The summed E-state index contributed by atoms with van der Waals surface area (Å²) in [6.07, 6.45) is -0.520. The number of carbonyl (C=O) groups excluding carboxylic acids is 1. The third-order valence-corrected chi connectivity index (χ3v) is 2.77. The van der Waals surface area contributed by atoms with Gasteiger partial charge in [0.25, 0.3) is 0 Å². The van der Waals surface area contributed by atoms with Crippen molar-refractivity contribution in [3.8, 4) is 5.75 Å². The van der Waals surface area contributed by atoms with E-state index in [1.807, 2.05) is 6.07 Å². The predicted molar refractivity (Wildman–Crippen MR) is 62.4 cm³/mol. The first-order valence-corrected chi connectivity index (χ1v) is 5.54. The van der Waals surface area contributed by atoms with E-state index in [0.29, 0.717) is 22.3 Å². The van der Waals surface area contributed by atoms with Gasteiger partial charge in [-0.2, -0.15) is 0 Å². The van der Waals surface area contributed by atoms with Crippen LogP contribution in [0, 0.1) is 0 Å². The fraction of sp³-hybridized carbons (Fsp3) is 0.231. The van der Waals surface area contributed by atoms with Crippen LogP contribution < -0.4 is 10.4 Å². The maximum Gasteiger partial charge on any atom is 0.343 e. The Morgan fingerprint density at radius 1 is 1.39 bits per heavy atom. The first-order chi connectivity index (χ1) is 8.65. The molecule has 2 aromatic rings. The van der Waals surface area contributed by atoms with Gasteiger partial charge in [-0.15, -0.1) is 0 Å². The average molecular weight is 246 g/mol. The Balaban J connectivity index is 2.12. The SMILES string of the molecule is CC(=O)OC1Cc2c(c3ccccc3oc2=O)O1. The van der Waals surface area contributed by atoms with Crippen LogP contribution in [0.5, 0.6) is 5.75 Å². The van der Waals surface area contributed by atoms with Gasteiger partial charge in [0.05, 0.1) is 17.4 Å². The van der Waals surface area contributed by atoms with Gasteiger partial charge in [-0.3, -0.25) is 4.79 Å². The summed E-state index contributed by atoms with van der Waals surface area (Å²) in [5.74, 6) is 0.00889. The third-order valence-electron chi connectivity index (χ3n) is 2.77. The Morgan fingerprint density at radius 2 is 2.17 bits per heavy atom. The van der Waals surface area contributed by atoms with Crippen LogP contribution in [0.25, 0.3) is 11.0 Å². The van der Waals surface area contributed by atoms with E-state index >= 15 is 0 Å². The Bertz CT molecular complexity index is 685. The van der Waals surface area contributed by atoms with E-state index in [2.05, 4.69) is 0 Å². The van der Waals surface area contributed by atoms with E-state index in [4.69, 9.17) is 13.9 Å². The molecule has 3 rings (SSSR count). The standard InChI is InChI=1S/C13H10O5/c1-7(14)16-11-6-9-12(18-11)8-4-2-3-5-10(8)17-13(9)15/h2-5,11H,6H2,1H3. The number of hydrogen-bond acceptors (Lipinski definition) is 5. The molecule has 0 saturated carbocycles. The van der Waals surface area contributed by atoms with Gasteiger partial charge >= 0.3 is 11.6 Å². The first kappa shape index (κ1) is 10.8. The van der Waals surface area contributed by atoms with Crippen molar-refractivity contribution in [3.05, 3.63) is 40.2 Å². The second kappa shape index (κ2) is 3.87. The summed E-state index contributed by atoms with van der Waals surface area (Å²) in [6, 6.07) is 7.09. The van der Waals surface area contributed by atoms with E-state index in [-0.39, 0.29) is 6.42 Å². The summed E-state index contributed by atoms with van der Waals surface area (Å²) >= 11 is 0. The molecule has 5 nitrogen and oxygen atoms in total. The van der Waals surface area contributed by atoms with Crippen LogP contribution in [-0.2, 0) is 16.0 Å². The van der Waals surface area contributed by atoms with Crippen molar-refractivity contribution in [2.75, 3.05) is 0 Å². The molecular formula is C13H10O5. The van der Waals surface area contributed by atoms with Crippen LogP contribution in [-0.4, -0.2) is 12.3 Å². The van der Waals surface area contributed by atoms with E-state index in [0.717, 1.165) is 0 Å². The molecule has 1 atom stereocenters. The molecule has 5 heteroatoms. The van der Waals surface area contributed by atoms with Gasteiger partial charge in [0, 0.05) is 6.92 Å². The molecular weight excluding hydrogens is 236 g/mol. The van der Waals surface area contributed by atoms with Crippen LogP contribution in [0.15, 0.2) is 33.5 Å². The summed E-state index contributed by atoms with van der Waals surface area (Å²) in [5, 5.41) is 0.710. The van der Waals surface area contributed by atoms with Crippen molar-refractivity contribution in [1.29, 1.82) is 0 Å². The van der Waals surface area contributed by atoms with Gasteiger partial charge < -0.3 is 13.9 Å². The molecule has 92 valence electrons. The van der Waals surface area contributed by atoms with Gasteiger partial charge in [0.1, 0.15) is 11.3 Å². The van der Waals surface area contributed by atoms with E-state index in [9.17, 15) is 9.59 Å². The molecule has 1 aliphatic heterocycles. The summed E-state index contributed by atoms with van der Waals surface area (Å²) in [5.41, 5.74) is 0.433. The summed E-state index contributed by atoms with van der Waals surface area (Å²) in [4.78, 5) is 22.7. The molecule has 0 saturated heterocycles. The molecule has 0 spiro atoms. The Kier molecular flexibility index (Phi) is 2.33. The van der Waals surface area contributed by atoms with Crippen molar-refractivity contribution < 1.29 is 18.7 Å². The number of benzene rings is 1. The van der Waals surface area contributed by atoms with E-state index < -0.39 is 17.9 Å². The Morgan fingerprint density at radius 3 is 2.94 bits per heavy atom. The number of rotatable bonds is 1. The van der Waals surface area contributed by atoms with E-state index in [1.165, 1.54) is 6.92 Å². The van der Waals surface area contributed by atoms with Crippen LogP contribution in [0.1, 0.15) is 12.5 Å². The van der Waals surface area contributed by atoms with Crippen LogP contribution >= 0.6 is 0 Å². The molecule has 1 aromatic heterocycles. The minimum absolute atomic E-state index is 0.224. The summed E-state index contributed by atoms with van der Waals surface area (Å²) in [7, 11) is 0. The minimum Gasteiger partial charge on any atom is -0.453 e. The van der Waals surface area contributed by atoms with Crippen LogP contribution in [0.3, 0.4) is 0 Å². The van der Waals surface area contributed by atoms with Gasteiger partial charge in [-0.1, -0.05) is 12.1 Å². The number of esters is 1. The lowest BCUT2D eigenvalue weighted by atomic mass is 10.1. The monoisotopic (exact) mass is 246 g/mol. The van der Waals surface area contributed by atoms with Crippen LogP contribution in [0.2, 0.25) is 0 Å². The largest absolute Gasteiger partial charge is 0.453 e. The highest BCUT2D eigenvalue weighted by Crippen LogP contribution is 2.34. The molecule has 1 unspecified atom stereocenters. The molecule has 0 N–H and O–H groups in total. The Labute approximate surface area is 102 Å². The van der Waals surface area contributed by atoms with Crippen molar-refractivity contribution in [2.45, 2.75) is 19.6 Å². The minimum atomic E-state index is -0.744. The highest BCUT2D eigenvalue weighted by Gasteiger charge is 2.30. The Hall–Kier alpha value is -2.30. The predicted octanol–water partition coefficient (Wildman–Crippen LogP) is 1.62. The van der Waals surface area contributed by atoms with Crippen molar-refractivity contribution in [1.82, 2.24) is 0 Å². The van der Waals surface area contributed by atoms with Gasteiger partial charge in [0.15, 0.2) is 0 Å². The topological polar surface area (TPSA) is 65.7 Å². The molecule has 0 aliphatic carbocycles. The molecule has 1 aromatic carbocycles. The lowest BCUT2D eigenvalue weighted by molar-refractivity contribution is -0.158. The highest BCUT2D eigenvalue weighted by molar-refractivity contribution is 5.84. The lowest BCUT2D eigenvalue weighted by Crippen LogP contribution is -2.20. The van der Waals surface area contributed by atoms with Gasteiger partial charge in [0.2, 0.25) is 6.29 Å². The molecule has 2 heterocycles. The molecule has 0 fully saturated rings. The van der Waals surface area contributed by atoms with E-state index in [1.54, 1.807) is 18.2 Å². The van der Waals surface area contributed by atoms with Crippen LogP contribution in [0.4, 0.5) is 0 Å². The average Bonchev–Trinajstić information content (AvgIpc) is 2.73. The van der Waals surface area contributed by atoms with Crippen molar-refractivity contribution >= 4 is 16.9 Å². The van der Waals surface area contributed by atoms with Crippen molar-refractivity contribution in [2.24, 2.45) is 0 Å². The van der Waals surface area contributed by atoms with Crippen molar-refractivity contribution in [3.63, 3.8) is 0 Å². The second-order valence-electron chi connectivity index (χ2n) is 4.05. The zero-order valence-corrected chi connectivity index (χ0v) is 9.64. The lowest BCUT2D eigenvalue weighted by Gasteiger charge is -2.10. The normalized spacial score (nSPS) is 17.3. The maximum absolute atomic E-state index is 11.8. The molecule has 18 heavy (non-hydrogen) atoms. The molecule has 0 bridgehead atoms. The first-order valence-electron chi connectivity index (χ1n) is 5.54. The third kappa shape index (κ3) is 1.64. The zero-order chi connectivity index (χ0) is 12.7. The fourth-order valence-electron chi connectivity index (χ4n) is 2.06. The molecule has 0 amide bonds. The smallest absolute Gasteiger partial charge is 0.343 e. The number of ether oxygens (including phenoxy) is 2. The fourth-order valence-corrected chi connectivity index (χ4v) is 2.06. The second-order valence-corrected chi connectivity index (χ2v) is 4.05. The highest BCUT2D eigenvalue weighted by atomic mass is 16.7. The number of para-hydroxylation sites is 1. The summed E-state index contributed by atoms with van der Waals surface area (Å²) in [6.45, 7) is 1.30. The molecule has 0 radical (unpaired) electrons.